The number of halogens is 3. The van der Waals surface area contributed by atoms with Gasteiger partial charge in [0.05, 0.1) is 11.3 Å². The zero-order valence-corrected chi connectivity index (χ0v) is 14.4. The van der Waals surface area contributed by atoms with Crippen LogP contribution in [0.2, 0.25) is 0 Å². The third kappa shape index (κ3) is 2.59. The fraction of sp³-hybridized carbons (Fsp3) is 0.500. The van der Waals surface area contributed by atoms with Gasteiger partial charge in [0.15, 0.2) is 0 Å². The summed E-state index contributed by atoms with van der Waals surface area (Å²) in [6.07, 6.45) is -1.75. The van der Waals surface area contributed by atoms with Gasteiger partial charge >= 0.3 is 6.18 Å². The molecule has 0 spiro atoms. The van der Waals surface area contributed by atoms with E-state index in [1.807, 2.05) is 18.5 Å². The van der Waals surface area contributed by atoms with Crippen molar-refractivity contribution >= 4 is 11.6 Å². The predicted molar refractivity (Wildman–Crippen MR) is 89.2 cm³/mol. The fourth-order valence-corrected chi connectivity index (χ4v) is 4.11. The zero-order chi connectivity index (χ0) is 18.8. The Morgan fingerprint density at radius 2 is 2.00 bits per heavy atom. The first-order chi connectivity index (χ1) is 12.2. The highest BCUT2D eigenvalue weighted by Gasteiger charge is 2.59. The van der Waals surface area contributed by atoms with E-state index in [2.05, 4.69) is 10.1 Å². The van der Waals surface area contributed by atoms with Crippen molar-refractivity contribution in [3.8, 4) is 11.3 Å². The number of nitrogens with two attached hydrogens (primary N) is 1. The molecule has 0 saturated heterocycles. The monoisotopic (exact) mass is 364 g/mol. The summed E-state index contributed by atoms with van der Waals surface area (Å²) in [5, 5.41) is 4.50. The minimum absolute atomic E-state index is 0.0407. The molecule has 0 radical (unpaired) electrons. The van der Waals surface area contributed by atoms with Crippen LogP contribution in [0.25, 0.3) is 11.3 Å². The van der Waals surface area contributed by atoms with Crippen molar-refractivity contribution in [2.24, 2.45) is 11.8 Å². The van der Waals surface area contributed by atoms with Crippen LogP contribution in [0.15, 0.2) is 18.3 Å². The maximum Gasteiger partial charge on any atom is 0.419 e. The highest BCUT2D eigenvalue weighted by atomic mass is 19.4. The summed E-state index contributed by atoms with van der Waals surface area (Å²) in [4.78, 5) is 15.7. The number of alkyl halides is 3. The molecule has 5 nitrogen and oxygen atoms in total. The Morgan fingerprint density at radius 1 is 1.27 bits per heavy atom. The first-order valence-electron chi connectivity index (χ1n) is 8.63. The Kier molecular flexibility index (Phi) is 3.65. The number of ketones is 1. The van der Waals surface area contributed by atoms with Crippen LogP contribution in [0.4, 0.5) is 19.0 Å². The van der Waals surface area contributed by atoms with Crippen molar-refractivity contribution < 1.29 is 18.0 Å². The lowest BCUT2D eigenvalue weighted by atomic mass is 10.1. The molecule has 2 aliphatic carbocycles. The van der Waals surface area contributed by atoms with Crippen molar-refractivity contribution in [1.29, 1.82) is 0 Å². The van der Waals surface area contributed by atoms with Gasteiger partial charge in [-0.25, -0.2) is 4.98 Å². The molecule has 2 saturated carbocycles. The maximum absolute atomic E-state index is 13.1. The zero-order valence-electron chi connectivity index (χ0n) is 14.4. The highest BCUT2D eigenvalue weighted by Crippen LogP contribution is 2.61. The van der Waals surface area contributed by atoms with E-state index in [1.54, 1.807) is 6.07 Å². The third-order valence-corrected chi connectivity index (χ3v) is 5.38. The minimum atomic E-state index is -4.57. The molecule has 26 heavy (non-hydrogen) atoms. The van der Waals surface area contributed by atoms with Crippen LogP contribution < -0.4 is 5.73 Å². The molecule has 2 aromatic heterocycles. The van der Waals surface area contributed by atoms with Gasteiger partial charge < -0.3 is 5.73 Å². The fourth-order valence-electron chi connectivity index (χ4n) is 4.11. The molecule has 2 aromatic rings. The van der Waals surface area contributed by atoms with Crippen molar-refractivity contribution in [2.45, 2.75) is 44.8 Å². The number of anilines is 1. The number of aromatic nitrogens is 3. The molecule has 0 aromatic carbocycles. The molecule has 0 amide bonds. The van der Waals surface area contributed by atoms with Gasteiger partial charge in [-0.05, 0) is 38.3 Å². The van der Waals surface area contributed by atoms with E-state index >= 15 is 0 Å². The second-order valence-corrected chi connectivity index (χ2v) is 7.37. The molecule has 0 aliphatic heterocycles. The standard InChI is InChI=1S/C18H19F3N4O/c1-8(2)25-13(15-10-3-4-14(26)16(10)15)6-12(24-25)9-5-11(18(19,20)21)17(22)23-7-9/h5-8,10,15-16H,3-4H2,1-2H3,(H2,22,23). The van der Waals surface area contributed by atoms with Gasteiger partial charge in [0.2, 0.25) is 0 Å². The van der Waals surface area contributed by atoms with E-state index in [9.17, 15) is 18.0 Å². The second kappa shape index (κ2) is 5.56. The van der Waals surface area contributed by atoms with Gasteiger partial charge in [-0.15, -0.1) is 0 Å². The second-order valence-electron chi connectivity index (χ2n) is 7.37. The molecule has 8 heteroatoms. The Hall–Kier alpha value is -2.38. The van der Waals surface area contributed by atoms with Crippen LogP contribution in [0.3, 0.4) is 0 Å². The Labute approximate surface area is 148 Å². The molecule has 2 aliphatic rings. The van der Waals surface area contributed by atoms with Gasteiger partial charge in [0.1, 0.15) is 11.6 Å². The van der Waals surface area contributed by atoms with Gasteiger partial charge in [0, 0.05) is 41.8 Å². The van der Waals surface area contributed by atoms with E-state index in [-0.39, 0.29) is 29.2 Å². The minimum Gasteiger partial charge on any atom is -0.383 e. The van der Waals surface area contributed by atoms with Gasteiger partial charge in [-0.1, -0.05) is 0 Å². The van der Waals surface area contributed by atoms with Crippen LogP contribution in [0, 0.1) is 11.8 Å². The third-order valence-electron chi connectivity index (χ3n) is 5.38. The summed E-state index contributed by atoms with van der Waals surface area (Å²) < 4.78 is 41.1. The SMILES string of the molecule is CC(C)n1nc(-c2cnc(N)c(C(F)(F)F)c2)cc1C1C2CCC(=O)C21. The van der Waals surface area contributed by atoms with Gasteiger partial charge in [-0.3, -0.25) is 9.48 Å². The van der Waals surface area contributed by atoms with Crippen molar-refractivity contribution in [3.63, 3.8) is 0 Å². The van der Waals surface area contributed by atoms with E-state index in [0.29, 0.717) is 18.0 Å². The van der Waals surface area contributed by atoms with Crippen molar-refractivity contribution in [3.05, 3.63) is 29.6 Å². The molecule has 3 atom stereocenters. The summed E-state index contributed by atoms with van der Waals surface area (Å²) in [7, 11) is 0. The quantitative estimate of drug-likeness (QED) is 0.899. The molecule has 2 N–H and O–H groups in total. The Balaban J connectivity index is 1.75. The lowest BCUT2D eigenvalue weighted by molar-refractivity contribution is -0.137. The number of nitrogens with zero attached hydrogens (tertiary/aromatic N) is 3. The summed E-state index contributed by atoms with van der Waals surface area (Å²) in [6, 6.07) is 2.82. The molecular formula is C18H19F3N4O. The molecular weight excluding hydrogens is 345 g/mol. The average Bonchev–Trinajstić information content (AvgIpc) is 2.90. The number of carbonyl (C=O) groups excluding carboxylic acids is 1. The number of rotatable bonds is 3. The molecule has 0 bridgehead atoms. The number of hydrogen-bond acceptors (Lipinski definition) is 4. The normalized spacial score (nSPS) is 25.0. The predicted octanol–water partition coefficient (Wildman–Crippen LogP) is 3.82. The van der Waals surface area contributed by atoms with Crippen molar-refractivity contribution in [2.75, 3.05) is 5.73 Å². The number of pyridine rings is 1. The molecule has 2 heterocycles. The van der Waals surface area contributed by atoms with Crippen molar-refractivity contribution in [1.82, 2.24) is 14.8 Å². The smallest absolute Gasteiger partial charge is 0.383 e. The maximum atomic E-state index is 13.1. The summed E-state index contributed by atoms with van der Waals surface area (Å²) in [5.74, 6) is 0.259. The largest absolute Gasteiger partial charge is 0.419 e. The number of carbonyl (C=O) groups is 1. The number of Topliss-reactive ketones (excluding diaryl/α,β-unsaturated/α-hetero) is 1. The van der Waals surface area contributed by atoms with Crippen LogP contribution in [-0.4, -0.2) is 20.5 Å². The van der Waals surface area contributed by atoms with Crippen LogP contribution in [-0.2, 0) is 11.0 Å². The van der Waals surface area contributed by atoms with E-state index in [1.165, 1.54) is 6.20 Å². The Morgan fingerprint density at radius 3 is 2.58 bits per heavy atom. The molecule has 2 fully saturated rings. The van der Waals surface area contributed by atoms with Crippen LogP contribution in [0.1, 0.15) is 49.9 Å². The number of fused-ring (bicyclic) bond motifs is 1. The first-order valence-corrected chi connectivity index (χ1v) is 8.63. The highest BCUT2D eigenvalue weighted by molar-refractivity contribution is 5.88. The molecule has 138 valence electrons. The summed E-state index contributed by atoms with van der Waals surface area (Å²) >= 11 is 0. The lowest BCUT2D eigenvalue weighted by Crippen LogP contribution is -2.11. The van der Waals surface area contributed by atoms with E-state index in [0.717, 1.165) is 18.2 Å². The topological polar surface area (TPSA) is 73.8 Å². The van der Waals surface area contributed by atoms with Gasteiger partial charge in [0.25, 0.3) is 0 Å². The van der Waals surface area contributed by atoms with E-state index in [4.69, 9.17) is 5.73 Å². The van der Waals surface area contributed by atoms with E-state index < -0.39 is 17.6 Å². The average molecular weight is 364 g/mol. The Bertz CT molecular complexity index is 887. The summed E-state index contributed by atoms with van der Waals surface area (Å²) in [5.41, 5.74) is 6.02. The lowest BCUT2D eigenvalue weighted by Gasteiger charge is -2.12. The van der Waals surface area contributed by atoms with Crippen LogP contribution >= 0.6 is 0 Å². The first kappa shape index (κ1) is 17.1. The number of hydrogen-bond donors (Lipinski definition) is 1. The van der Waals surface area contributed by atoms with Crippen LogP contribution in [0.5, 0.6) is 0 Å². The molecule has 3 unspecified atom stereocenters. The summed E-state index contributed by atoms with van der Waals surface area (Å²) in [6.45, 7) is 3.92. The molecule has 4 rings (SSSR count). The number of nitrogen functional groups attached to an aromatic ring is 1. The van der Waals surface area contributed by atoms with Gasteiger partial charge in [-0.2, -0.15) is 18.3 Å².